The van der Waals surface area contributed by atoms with Crippen LogP contribution in [0.4, 0.5) is 0 Å². The van der Waals surface area contributed by atoms with E-state index in [1.165, 1.54) is 18.0 Å². The summed E-state index contributed by atoms with van der Waals surface area (Å²) in [5.41, 5.74) is 6.38. The Morgan fingerprint density at radius 2 is 1.57 bits per heavy atom. The van der Waals surface area contributed by atoms with Crippen LogP contribution in [0.25, 0.3) is 11.1 Å². The van der Waals surface area contributed by atoms with Crippen LogP contribution < -0.4 is 10.0 Å². The molecular formula is C38H36N2O5S. The molecule has 5 aromatic rings. The van der Waals surface area contributed by atoms with Crippen molar-refractivity contribution < 1.29 is 24.1 Å². The SMILES string of the molecule is C[C@H]1[C@@H](CSc2cccc[n+]2[O-])O[C@@H](c2cccc(-c3cccc(CNC(=O)c4ccccc4)c3)c2)O[C@H]1c1ccc(CO)cc1. The summed E-state index contributed by atoms with van der Waals surface area (Å²) >= 11 is 1.47. The van der Waals surface area contributed by atoms with Gasteiger partial charge in [-0.3, -0.25) is 4.79 Å². The van der Waals surface area contributed by atoms with E-state index in [4.69, 9.17) is 9.47 Å². The minimum Gasteiger partial charge on any atom is -0.618 e. The maximum Gasteiger partial charge on any atom is 0.251 e. The zero-order valence-electron chi connectivity index (χ0n) is 25.5. The van der Waals surface area contributed by atoms with Crippen LogP contribution in [0.3, 0.4) is 0 Å². The molecule has 6 rings (SSSR count). The molecule has 1 aliphatic heterocycles. The van der Waals surface area contributed by atoms with Gasteiger partial charge in [0.05, 0.1) is 18.8 Å². The van der Waals surface area contributed by atoms with Crippen molar-refractivity contribution in [2.75, 3.05) is 5.75 Å². The van der Waals surface area contributed by atoms with Gasteiger partial charge in [0.2, 0.25) is 0 Å². The maximum atomic E-state index is 12.6. The summed E-state index contributed by atoms with van der Waals surface area (Å²) < 4.78 is 14.2. The number of amides is 1. The monoisotopic (exact) mass is 632 g/mol. The first-order valence-electron chi connectivity index (χ1n) is 15.3. The zero-order chi connectivity index (χ0) is 31.9. The predicted molar refractivity (Wildman–Crippen MR) is 179 cm³/mol. The van der Waals surface area contributed by atoms with E-state index in [0.29, 0.717) is 22.9 Å². The lowest BCUT2D eigenvalue weighted by Crippen LogP contribution is -2.39. The molecule has 0 radical (unpaired) electrons. The number of hydrogen-bond donors (Lipinski definition) is 2. The Morgan fingerprint density at radius 1 is 0.826 bits per heavy atom. The molecule has 46 heavy (non-hydrogen) atoms. The number of aromatic nitrogens is 1. The van der Waals surface area contributed by atoms with E-state index in [1.807, 2.05) is 78.9 Å². The van der Waals surface area contributed by atoms with E-state index >= 15 is 0 Å². The molecular weight excluding hydrogens is 596 g/mol. The third-order valence-electron chi connectivity index (χ3n) is 8.22. The second-order valence-electron chi connectivity index (χ2n) is 11.4. The summed E-state index contributed by atoms with van der Waals surface area (Å²) in [6.07, 6.45) is 0.412. The largest absolute Gasteiger partial charge is 0.618 e. The Hall–Kier alpha value is -4.47. The van der Waals surface area contributed by atoms with Crippen molar-refractivity contribution in [1.82, 2.24) is 5.32 Å². The molecule has 1 aromatic heterocycles. The molecule has 1 saturated heterocycles. The van der Waals surface area contributed by atoms with Gasteiger partial charge in [0, 0.05) is 41.5 Å². The molecule has 4 aromatic carbocycles. The minimum absolute atomic E-state index is 0.00139. The van der Waals surface area contributed by atoms with Crippen molar-refractivity contribution in [3.05, 3.63) is 161 Å². The summed E-state index contributed by atoms with van der Waals surface area (Å²) in [6.45, 7) is 2.50. The number of aliphatic hydroxyl groups is 1. The van der Waals surface area contributed by atoms with Crippen LogP contribution in [0.1, 0.15) is 51.9 Å². The summed E-state index contributed by atoms with van der Waals surface area (Å²) in [6, 6.07) is 38.7. The first kappa shape index (κ1) is 31.5. The van der Waals surface area contributed by atoms with Gasteiger partial charge < -0.3 is 25.1 Å². The molecule has 234 valence electrons. The molecule has 0 unspecified atom stereocenters. The van der Waals surface area contributed by atoms with Crippen LogP contribution in [0.15, 0.2) is 133 Å². The van der Waals surface area contributed by atoms with Crippen molar-refractivity contribution in [1.29, 1.82) is 0 Å². The van der Waals surface area contributed by atoms with Crippen LogP contribution in [0, 0.1) is 11.1 Å². The molecule has 2 N–H and O–H groups in total. The van der Waals surface area contributed by atoms with Gasteiger partial charge in [0.15, 0.2) is 12.5 Å². The van der Waals surface area contributed by atoms with Crippen LogP contribution in [-0.2, 0) is 22.6 Å². The molecule has 0 saturated carbocycles. The Morgan fingerprint density at radius 3 is 2.33 bits per heavy atom. The fourth-order valence-electron chi connectivity index (χ4n) is 5.60. The first-order chi connectivity index (χ1) is 22.5. The normalized spacial score (nSPS) is 19.4. The molecule has 0 aliphatic carbocycles. The van der Waals surface area contributed by atoms with E-state index in [9.17, 15) is 15.1 Å². The van der Waals surface area contributed by atoms with Gasteiger partial charge in [-0.25, -0.2) is 0 Å². The maximum absolute atomic E-state index is 12.6. The van der Waals surface area contributed by atoms with Gasteiger partial charge >= 0.3 is 0 Å². The van der Waals surface area contributed by atoms with Crippen molar-refractivity contribution in [2.45, 2.75) is 43.6 Å². The number of rotatable bonds is 10. The number of ether oxygens (including phenoxy) is 2. The van der Waals surface area contributed by atoms with Crippen molar-refractivity contribution in [3.8, 4) is 11.1 Å². The summed E-state index contributed by atoms with van der Waals surface area (Å²) in [5, 5.41) is 25.5. The van der Waals surface area contributed by atoms with Crippen LogP contribution in [0.2, 0.25) is 0 Å². The molecule has 0 bridgehead atoms. The number of nitrogens with one attached hydrogen (secondary N) is 1. The lowest BCUT2D eigenvalue weighted by atomic mass is 9.91. The average molecular weight is 633 g/mol. The highest BCUT2D eigenvalue weighted by Gasteiger charge is 2.38. The number of carbonyl (C=O) groups excluding carboxylic acids is 1. The highest BCUT2D eigenvalue weighted by molar-refractivity contribution is 7.99. The lowest BCUT2D eigenvalue weighted by Gasteiger charge is -2.41. The Kier molecular flexibility index (Phi) is 10.1. The van der Waals surface area contributed by atoms with Gasteiger partial charge in [-0.1, -0.05) is 97.5 Å². The first-order valence-corrected chi connectivity index (χ1v) is 16.3. The van der Waals surface area contributed by atoms with Crippen LogP contribution >= 0.6 is 11.8 Å². The van der Waals surface area contributed by atoms with E-state index in [1.54, 1.807) is 18.2 Å². The predicted octanol–water partition coefficient (Wildman–Crippen LogP) is 6.99. The summed E-state index contributed by atoms with van der Waals surface area (Å²) in [7, 11) is 0. The summed E-state index contributed by atoms with van der Waals surface area (Å²) in [4.78, 5) is 12.6. The molecule has 1 fully saturated rings. The highest BCUT2D eigenvalue weighted by Crippen LogP contribution is 2.43. The minimum atomic E-state index is -0.632. The second kappa shape index (κ2) is 14.7. The molecule has 0 spiro atoms. The lowest BCUT2D eigenvalue weighted by molar-refractivity contribution is -0.645. The smallest absolute Gasteiger partial charge is 0.251 e. The summed E-state index contributed by atoms with van der Waals surface area (Å²) in [5.74, 6) is 0.465. The highest BCUT2D eigenvalue weighted by atomic mass is 32.2. The molecule has 1 amide bonds. The Balaban J connectivity index is 1.23. The second-order valence-corrected chi connectivity index (χ2v) is 12.4. The molecule has 1 aliphatic rings. The standard InChI is InChI=1S/C38H36N2O5S/c1-26-34(25-46-35-15-5-6-20-40(35)43)44-38(45-36(26)29-18-16-27(24-41)17-19-29)33-14-8-13-32(22-33)31-12-7-9-28(21-31)23-39-37(42)30-10-3-2-4-11-30/h2-22,26,34,36,38,41H,23-25H2,1H3,(H,39,42)/t26-,34+,36+,38+/m0/s1. The number of pyridine rings is 1. The topological polar surface area (TPSA) is 94.7 Å². The fourth-order valence-corrected chi connectivity index (χ4v) is 6.68. The van der Waals surface area contributed by atoms with Crippen LogP contribution in [0.5, 0.6) is 0 Å². The average Bonchev–Trinajstić information content (AvgIpc) is 3.11. The fraction of sp³-hybridized carbons (Fsp3) is 0.211. The third kappa shape index (κ3) is 7.49. The number of benzene rings is 4. The van der Waals surface area contributed by atoms with Crippen molar-refractivity contribution in [3.63, 3.8) is 0 Å². The van der Waals surface area contributed by atoms with Crippen molar-refractivity contribution >= 4 is 17.7 Å². The van der Waals surface area contributed by atoms with Gasteiger partial charge in [-0.2, -0.15) is 4.73 Å². The molecule has 7 nitrogen and oxygen atoms in total. The zero-order valence-corrected chi connectivity index (χ0v) is 26.3. The van der Waals surface area contributed by atoms with Crippen LogP contribution in [-0.4, -0.2) is 22.9 Å². The number of nitrogens with zero attached hydrogens (tertiary/aromatic N) is 1. The molecule has 8 heteroatoms. The van der Waals surface area contributed by atoms with E-state index in [-0.39, 0.29) is 30.6 Å². The Labute approximate surface area is 273 Å². The number of carbonyl (C=O) groups is 1. The molecule has 2 heterocycles. The van der Waals surface area contributed by atoms with Gasteiger partial charge in [-0.15, -0.1) is 0 Å². The van der Waals surface area contributed by atoms with E-state index in [0.717, 1.165) is 38.1 Å². The Bertz CT molecular complexity index is 1770. The van der Waals surface area contributed by atoms with Gasteiger partial charge in [-0.05, 0) is 58.1 Å². The third-order valence-corrected chi connectivity index (χ3v) is 9.32. The van der Waals surface area contributed by atoms with Gasteiger partial charge in [0.25, 0.3) is 10.9 Å². The number of aliphatic hydroxyl groups excluding tert-OH is 1. The number of hydrogen-bond acceptors (Lipinski definition) is 6. The van der Waals surface area contributed by atoms with E-state index in [2.05, 4.69) is 36.5 Å². The quantitative estimate of drug-likeness (QED) is 0.0979. The van der Waals surface area contributed by atoms with E-state index < -0.39 is 6.29 Å². The number of thioether (sulfide) groups is 1. The van der Waals surface area contributed by atoms with Crippen molar-refractivity contribution in [2.24, 2.45) is 5.92 Å². The van der Waals surface area contributed by atoms with Gasteiger partial charge in [0.1, 0.15) is 0 Å². The molecule has 4 atom stereocenters.